The first kappa shape index (κ1) is 21.1. The van der Waals surface area contributed by atoms with Crippen LogP contribution in [0.2, 0.25) is 0 Å². The summed E-state index contributed by atoms with van der Waals surface area (Å²) < 4.78 is 1.68. The molecule has 1 aromatic carbocycles. The molecule has 30 heavy (non-hydrogen) atoms. The lowest BCUT2D eigenvalue weighted by Crippen LogP contribution is -2.33. The lowest BCUT2D eigenvalue weighted by atomic mass is 9.89. The number of hydrogen-bond donors (Lipinski definition) is 1. The molecule has 2 unspecified atom stereocenters. The van der Waals surface area contributed by atoms with Crippen LogP contribution in [0.25, 0.3) is 15.9 Å². The van der Waals surface area contributed by atoms with E-state index < -0.39 is 0 Å². The van der Waals surface area contributed by atoms with E-state index in [1.165, 1.54) is 22.2 Å². The average molecular weight is 442 g/mol. The number of amides is 1. The number of thioether (sulfide) groups is 1. The Bertz CT molecular complexity index is 1120. The zero-order valence-electron chi connectivity index (χ0n) is 17.6. The van der Waals surface area contributed by atoms with Gasteiger partial charge >= 0.3 is 0 Å². The van der Waals surface area contributed by atoms with Crippen LogP contribution in [0.1, 0.15) is 44.1 Å². The van der Waals surface area contributed by atoms with Crippen LogP contribution < -0.4 is 10.9 Å². The van der Waals surface area contributed by atoms with Gasteiger partial charge in [0, 0.05) is 10.9 Å². The Balaban J connectivity index is 1.78. The maximum Gasteiger partial charge on any atom is 0.267 e. The molecule has 4 rings (SSSR count). The number of thiophene rings is 1. The van der Waals surface area contributed by atoms with Crippen LogP contribution in [0.5, 0.6) is 0 Å². The molecule has 1 N–H and O–H groups in total. The minimum Gasteiger partial charge on any atom is -0.353 e. The number of para-hydroxylation sites is 1. The van der Waals surface area contributed by atoms with Gasteiger partial charge in [0.2, 0.25) is 5.91 Å². The summed E-state index contributed by atoms with van der Waals surface area (Å²) in [6.07, 6.45) is 3.94. The highest BCUT2D eigenvalue weighted by Gasteiger charge is 2.25. The second kappa shape index (κ2) is 8.94. The minimum absolute atomic E-state index is 0.0249. The number of carbonyl (C=O) groups excluding carboxylic acids is 1. The third-order valence-corrected chi connectivity index (χ3v) is 7.75. The van der Waals surface area contributed by atoms with Crippen molar-refractivity contribution in [2.24, 2.45) is 5.92 Å². The number of carbonyl (C=O) groups is 1. The smallest absolute Gasteiger partial charge is 0.267 e. The Morgan fingerprint density at radius 3 is 2.87 bits per heavy atom. The number of hydrogen-bond acceptors (Lipinski definition) is 5. The monoisotopic (exact) mass is 441 g/mol. The van der Waals surface area contributed by atoms with Gasteiger partial charge in [0.05, 0.1) is 16.8 Å². The molecular weight excluding hydrogens is 414 g/mol. The molecule has 2 atom stereocenters. The number of aromatic nitrogens is 2. The summed E-state index contributed by atoms with van der Waals surface area (Å²) in [5.74, 6) is 0.833. The van der Waals surface area contributed by atoms with Crippen LogP contribution in [0.15, 0.2) is 40.3 Å². The molecule has 2 heterocycles. The maximum absolute atomic E-state index is 13.6. The van der Waals surface area contributed by atoms with E-state index >= 15 is 0 Å². The van der Waals surface area contributed by atoms with Gasteiger partial charge in [-0.1, -0.05) is 43.8 Å². The molecule has 0 spiro atoms. The van der Waals surface area contributed by atoms with Crippen molar-refractivity contribution in [2.75, 3.05) is 5.75 Å². The fourth-order valence-corrected chi connectivity index (χ4v) is 6.07. The number of nitrogens with one attached hydrogen (secondary N) is 1. The standard InChI is InChI=1S/C23H27N3O2S2/c1-4-15(3)24-19(27)13-29-23-25-21-20(17-11-10-14(2)12-18(17)30-21)22(28)26(23)16-8-6-5-7-9-16/h5-9,14-15H,4,10-13H2,1-3H3,(H,24,27). The third-order valence-electron chi connectivity index (χ3n) is 5.67. The summed E-state index contributed by atoms with van der Waals surface area (Å²) in [7, 11) is 0. The van der Waals surface area contributed by atoms with Crippen LogP contribution in [0.4, 0.5) is 0 Å². The predicted molar refractivity (Wildman–Crippen MR) is 125 cm³/mol. The molecular formula is C23H27N3O2S2. The summed E-state index contributed by atoms with van der Waals surface area (Å²) >= 11 is 2.97. The van der Waals surface area contributed by atoms with Crippen molar-refractivity contribution in [1.82, 2.24) is 14.9 Å². The van der Waals surface area contributed by atoms with Crippen molar-refractivity contribution in [1.29, 1.82) is 0 Å². The number of rotatable bonds is 6. The average Bonchev–Trinajstić information content (AvgIpc) is 3.10. The van der Waals surface area contributed by atoms with Crippen LogP contribution in [-0.2, 0) is 17.6 Å². The van der Waals surface area contributed by atoms with Gasteiger partial charge in [0.1, 0.15) is 4.83 Å². The van der Waals surface area contributed by atoms with Gasteiger partial charge in [-0.05, 0) is 56.2 Å². The van der Waals surface area contributed by atoms with Crippen molar-refractivity contribution in [3.8, 4) is 5.69 Å². The Labute approximate surface area is 184 Å². The van der Waals surface area contributed by atoms with Crippen molar-refractivity contribution in [3.63, 3.8) is 0 Å². The molecule has 1 aliphatic rings. The second-order valence-electron chi connectivity index (χ2n) is 8.07. The summed E-state index contributed by atoms with van der Waals surface area (Å²) in [4.78, 5) is 33.0. The zero-order valence-corrected chi connectivity index (χ0v) is 19.2. The number of aryl methyl sites for hydroxylation is 1. The van der Waals surface area contributed by atoms with Crippen molar-refractivity contribution < 1.29 is 4.79 Å². The normalized spacial score (nSPS) is 17.0. The van der Waals surface area contributed by atoms with Crippen LogP contribution >= 0.6 is 23.1 Å². The molecule has 158 valence electrons. The molecule has 1 aliphatic carbocycles. The molecule has 7 heteroatoms. The van der Waals surface area contributed by atoms with E-state index in [-0.39, 0.29) is 23.3 Å². The Kier molecular flexibility index (Phi) is 6.29. The first-order valence-corrected chi connectivity index (χ1v) is 12.3. The molecule has 0 bridgehead atoms. The summed E-state index contributed by atoms with van der Waals surface area (Å²) in [6, 6.07) is 9.73. The number of nitrogens with zero attached hydrogens (tertiary/aromatic N) is 2. The van der Waals surface area contributed by atoms with Gasteiger partial charge in [0.25, 0.3) is 5.56 Å². The molecule has 2 aromatic heterocycles. The van der Waals surface area contributed by atoms with Gasteiger partial charge < -0.3 is 5.32 Å². The Morgan fingerprint density at radius 2 is 2.13 bits per heavy atom. The highest BCUT2D eigenvalue weighted by atomic mass is 32.2. The maximum atomic E-state index is 13.6. The fraction of sp³-hybridized carbons (Fsp3) is 0.435. The minimum atomic E-state index is -0.0393. The highest BCUT2D eigenvalue weighted by molar-refractivity contribution is 7.99. The van der Waals surface area contributed by atoms with E-state index in [4.69, 9.17) is 4.98 Å². The second-order valence-corrected chi connectivity index (χ2v) is 10.1. The van der Waals surface area contributed by atoms with Crippen molar-refractivity contribution >= 4 is 39.2 Å². The molecule has 3 aromatic rings. The third kappa shape index (κ3) is 4.18. The van der Waals surface area contributed by atoms with E-state index in [2.05, 4.69) is 12.2 Å². The Hall–Kier alpha value is -2.12. The quantitative estimate of drug-likeness (QED) is 0.449. The molecule has 5 nitrogen and oxygen atoms in total. The molecule has 0 saturated carbocycles. The SMILES string of the molecule is CCC(C)NC(=O)CSc1nc2sc3c(c2c(=O)n1-c1ccccc1)CCC(C)C3. The highest BCUT2D eigenvalue weighted by Crippen LogP contribution is 2.36. The first-order chi connectivity index (χ1) is 14.5. The van der Waals surface area contributed by atoms with E-state index in [0.717, 1.165) is 41.6 Å². The lowest BCUT2D eigenvalue weighted by molar-refractivity contribution is -0.119. The summed E-state index contributed by atoms with van der Waals surface area (Å²) in [5.41, 5.74) is 1.94. The molecule has 1 amide bonds. The Morgan fingerprint density at radius 1 is 1.37 bits per heavy atom. The lowest BCUT2D eigenvalue weighted by Gasteiger charge is -2.18. The van der Waals surface area contributed by atoms with Gasteiger partial charge in [-0.2, -0.15) is 0 Å². The van der Waals surface area contributed by atoms with E-state index in [0.29, 0.717) is 11.1 Å². The fourth-order valence-electron chi connectivity index (χ4n) is 3.82. The van der Waals surface area contributed by atoms with Crippen LogP contribution in [0.3, 0.4) is 0 Å². The largest absolute Gasteiger partial charge is 0.353 e. The van der Waals surface area contributed by atoms with E-state index in [1.54, 1.807) is 15.9 Å². The van der Waals surface area contributed by atoms with Crippen LogP contribution in [0, 0.1) is 5.92 Å². The molecule has 0 fully saturated rings. The molecule has 0 aliphatic heterocycles. The first-order valence-electron chi connectivity index (χ1n) is 10.5. The van der Waals surface area contributed by atoms with Gasteiger partial charge in [-0.15, -0.1) is 11.3 Å². The van der Waals surface area contributed by atoms with Crippen molar-refractivity contribution in [2.45, 2.75) is 57.7 Å². The summed E-state index contributed by atoms with van der Waals surface area (Å²) in [6.45, 7) is 6.30. The predicted octanol–water partition coefficient (Wildman–Crippen LogP) is 4.58. The number of benzene rings is 1. The van der Waals surface area contributed by atoms with Crippen molar-refractivity contribution in [3.05, 3.63) is 51.1 Å². The van der Waals surface area contributed by atoms with E-state index in [9.17, 15) is 9.59 Å². The molecule has 0 radical (unpaired) electrons. The zero-order chi connectivity index (χ0) is 21.3. The topological polar surface area (TPSA) is 64.0 Å². The van der Waals surface area contributed by atoms with E-state index in [1.807, 2.05) is 44.2 Å². The van der Waals surface area contributed by atoms with Gasteiger partial charge in [-0.3, -0.25) is 14.2 Å². The van der Waals surface area contributed by atoms with Gasteiger partial charge in [0.15, 0.2) is 5.16 Å². The summed E-state index contributed by atoms with van der Waals surface area (Å²) in [5, 5.41) is 4.32. The van der Waals surface area contributed by atoms with Gasteiger partial charge in [-0.25, -0.2) is 4.98 Å². The molecule has 0 saturated heterocycles. The number of fused-ring (bicyclic) bond motifs is 3. The van der Waals surface area contributed by atoms with Crippen LogP contribution in [-0.4, -0.2) is 27.3 Å².